The van der Waals surface area contributed by atoms with E-state index in [0.717, 1.165) is 0 Å². The lowest BCUT2D eigenvalue weighted by Crippen LogP contribution is -2.41. The summed E-state index contributed by atoms with van der Waals surface area (Å²) in [5.74, 6) is -0.289. The van der Waals surface area contributed by atoms with Crippen LogP contribution in [-0.2, 0) is 12.1 Å². The second kappa shape index (κ2) is 6.64. The van der Waals surface area contributed by atoms with Crippen LogP contribution in [0, 0.1) is 0 Å². The third-order valence-corrected chi connectivity index (χ3v) is 3.52. The van der Waals surface area contributed by atoms with Crippen LogP contribution >= 0.6 is 23.2 Å². The van der Waals surface area contributed by atoms with Gasteiger partial charge in [0, 0.05) is 22.2 Å². The fourth-order valence-electron chi connectivity index (χ4n) is 1.93. The Morgan fingerprint density at radius 2 is 1.95 bits per heavy atom. The molecular weight excluding hydrogens is 325 g/mol. The molecule has 22 heavy (non-hydrogen) atoms. The maximum atomic E-state index is 12.4. The van der Waals surface area contributed by atoms with Gasteiger partial charge in [0.25, 0.3) is 5.91 Å². The third kappa shape index (κ3) is 3.97. The second-order valence-corrected chi connectivity index (χ2v) is 6.27. The molecule has 0 atom stereocenters. The molecule has 3 N–H and O–H groups in total. The molecule has 0 unspecified atom stereocenters. The zero-order valence-electron chi connectivity index (χ0n) is 12.3. The number of rotatable bonds is 5. The highest BCUT2D eigenvalue weighted by Gasteiger charge is 2.27. The maximum absolute atomic E-state index is 12.4. The van der Waals surface area contributed by atoms with Crippen molar-refractivity contribution in [3.8, 4) is 0 Å². The van der Waals surface area contributed by atoms with Gasteiger partial charge in [-0.3, -0.25) is 9.48 Å². The predicted octanol–water partition coefficient (Wildman–Crippen LogP) is 2.21. The Morgan fingerprint density at radius 1 is 1.32 bits per heavy atom. The first-order valence-corrected chi connectivity index (χ1v) is 7.47. The minimum atomic E-state index is -0.696. The Hall–Kier alpha value is -1.63. The van der Waals surface area contributed by atoms with Gasteiger partial charge in [-0.1, -0.05) is 28.4 Å². The lowest BCUT2D eigenvalue weighted by Gasteiger charge is -2.23. The Bertz CT molecular complexity index is 663. The van der Waals surface area contributed by atoms with Crippen molar-refractivity contribution in [1.29, 1.82) is 0 Å². The van der Waals surface area contributed by atoms with E-state index in [1.807, 2.05) is 13.8 Å². The Morgan fingerprint density at radius 3 is 2.55 bits per heavy atom. The molecule has 0 fully saturated rings. The van der Waals surface area contributed by atoms with Crippen LogP contribution in [-0.4, -0.2) is 27.4 Å². The molecule has 2 aromatic rings. The number of amides is 1. The van der Waals surface area contributed by atoms with Crippen LogP contribution in [0.2, 0.25) is 10.0 Å². The fraction of sp³-hybridized carbons (Fsp3) is 0.357. The molecule has 0 aliphatic carbocycles. The normalized spacial score (nSPS) is 11.5. The van der Waals surface area contributed by atoms with E-state index in [1.54, 1.807) is 29.1 Å². The third-order valence-electron chi connectivity index (χ3n) is 3.09. The van der Waals surface area contributed by atoms with Gasteiger partial charge in [-0.25, -0.2) is 0 Å². The van der Waals surface area contributed by atoms with E-state index in [9.17, 15) is 4.79 Å². The average Bonchev–Trinajstić information content (AvgIpc) is 2.87. The second-order valence-electron chi connectivity index (χ2n) is 5.39. The van der Waals surface area contributed by atoms with Crippen molar-refractivity contribution in [3.05, 3.63) is 45.7 Å². The minimum absolute atomic E-state index is 0.289. The summed E-state index contributed by atoms with van der Waals surface area (Å²) >= 11 is 11.8. The lowest BCUT2D eigenvalue weighted by atomic mass is 10.0. The summed E-state index contributed by atoms with van der Waals surface area (Å²) in [6.45, 7) is 4.72. The van der Waals surface area contributed by atoms with Crippen LogP contribution in [0.25, 0.3) is 0 Å². The largest absolute Gasteiger partial charge is 0.341 e. The summed E-state index contributed by atoms with van der Waals surface area (Å²) in [5.41, 5.74) is 5.81. The Labute approximate surface area is 138 Å². The molecule has 0 saturated heterocycles. The minimum Gasteiger partial charge on any atom is -0.341 e. The van der Waals surface area contributed by atoms with E-state index in [4.69, 9.17) is 28.9 Å². The van der Waals surface area contributed by atoms with Crippen LogP contribution in [0.15, 0.2) is 24.4 Å². The highest BCUT2D eigenvalue weighted by Crippen LogP contribution is 2.21. The number of hydrogen-bond acceptors (Lipinski definition) is 4. The van der Waals surface area contributed by atoms with Gasteiger partial charge >= 0.3 is 0 Å². The van der Waals surface area contributed by atoms with Crippen molar-refractivity contribution >= 4 is 29.1 Å². The van der Waals surface area contributed by atoms with E-state index >= 15 is 0 Å². The number of hydrogen-bond donors (Lipinski definition) is 2. The zero-order chi connectivity index (χ0) is 16.3. The van der Waals surface area contributed by atoms with Crippen LogP contribution in [0.5, 0.6) is 0 Å². The molecule has 1 heterocycles. The molecular formula is C14H17Cl2N5O. The first-order chi connectivity index (χ1) is 10.3. The van der Waals surface area contributed by atoms with E-state index in [1.165, 1.54) is 0 Å². The number of nitrogens with two attached hydrogens (primary N) is 1. The summed E-state index contributed by atoms with van der Waals surface area (Å²) in [6.07, 6.45) is 1.76. The van der Waals surface area contributed by atoms with Gasteiger partial charge < -0.3 is 11.1 Å². The van der Waals surface area contributed by atoms with Gasteiger partial charge in [0.05, 0.1) is 18.3 Å². The summed E-state index contributed by atoms with van der Waals surface area (Å²) < 4.78 is 1.64. The van der Waals surface area contributed by atoms with Crippen LogP contribution in [0.4, 0.5) is 0 Å². The molecule has 0 radical (unpaired) electrons. The molecule has 0 saturated carbocycles. The highest BCUT2D eigenvalue weighted by molar-refractivity contribution is 6.35. The summed E-state index contributed by atoms with van der Waals surface area (Å²) in [5, 5.41) is 11.8. The standard InChI is InChI=1S/C14H17Cl2N5O/c1-14(2,12-8-21(4-3-17)20-19-12)18-13(22)9-5-10(15)7-11(16)6-9/h5-8H,3-4,17H2,1-2H3,(H,18,22). The van der Waals surface area contributed by atoms with Crippen LogP contribution in [0.1, 0.15) is 29.9 Å². The predicted molar refractivity (Wildman–Crippen MR) is 86.0 cm³/mol. The van der Waals surface area contributed by atoms with E-state index in [2.05, 4.69) is 15.6 Å². The maximum Gasteiger partial charge on any atom is 0.252 e. The molecule has 8 heteroatoms. The first-order valence-electron chi connectivity index (χ1n) is 6.71. The molecule has 1 aromatic carbocycles. The lowest BCUT2D eigenvalue weighted by molar-refractivity contribution is 0.0910. The molecule has 1 amide bonds. The van der Waals surface area contributed by atoms with Gasteiger partial charge in [0.1, 0.15) is 5.69 Å². The van der Waals surface area contributed by atoms with Crippen molar-refractivity contribution in [1.82, 2.24) is 20.3 Å². The molecule has 1 aromatic heterocycles. The van der Waals surface area contributed by atoms with E-state index in [-0.39, 0.29) is 5.91 Å². The van der Waals surface area contributed by atoms with Crippen LogP contribution < -0.4 is 11.1 Å². The molecule has 6 nitrogen and oxygen atoms in total. The topological polar surface area (TPSA) is 85.8 Å². The van der Waals surface area contributed by atoms with E-state index in [0.29, 0.717) is 34.4 Å². The smallest absolute Gasteiger partial charge is 0.252 e. The highest BCUT2D eigenvalue weighted by atomic mass is 35.5. The summed E-state index contributed by atoms with van der Waals surface area (Å²) in [7, 11) is 0. The molecule has 0 aliphatic rings. The zero-order valence-corrected chi connectivity index (χ0v) is 13.8. The Kier molecular flexibility index (Phi) is 5.05. The monoisotopic (exact) mass is 341 g/mol. The fourth-order valence-corrected chi connectivity index (χ4v) is 2.46. The van der Waals surface area contributed by atoms with Gasteiger partial charge in [-0.2, -0.15) is 0 Å². The number of aromatic nitrogens is 3. The molecule has 0 spiro atoms. The van der Waals surface area contributed by atoms with E-state index < -0.39 is 5.54 Å². The Balaban J connectivity index is 2.17. The van der Waals surface area contributed by atoms with Crippen molar-refractivity contribution in [3.63, 3.8) is 0 Å². The number of carbonyl (C=O) groups is 1. The summed E-state index contributed by atoms with van der Waals surface area (Å²) in [6, 6.07) is 4.69. The summed E-state index contributed by atoms with van der Waals surface area (Å²) in [4.78, 5) is 12.4. The van der Waals surface area contributed by atoms with Crippen LogP contribution in [0.3, 0.4) is 0 Å². The number of halogens is 2. The molecule has 0 bridgehead atoms. The van der Waals surface area contributed by atoms with Crippen molar-refractivity contribution in [2.75, 3.05) is 6.54 Å². The van der Waals surface area contributed by atoms with Crippen molar-refractivity contribution in [2.24, 2.45) is 5.73 Å². The van der Waals surface area contributed by atoms with Gasteiger partial charge in [0.2, 0.25) is 0 Å². The number of carbonyl (C=O) groups excluding carboxylic acids is 1. The number of nitrogens with zero attached hydrogens (tertiary/aromatic N) is 3. The van der Waals surface area contributed by atoms with Crippen molar-refractivity contribution < 1.29 is 4.79 Å². The van der Waals surface area contributed by atoms with Gasteiger partial charge in [-0.05, 0) is 32.0 Å². The molecule has 0 aliphatic heterocycles. The van der Waals surface area contributed by atoms with Gasteiger partial charge in [-0.15, -0.1) is 5.10 Å². The number of nitrogens with one attached hydrogen (secondary N) is 1. The SMILES string of the molecule is CC(C)(NC(=O)c1cc(Cl)cc(Cl)c1)c1cn(CCN)nn1. The average molecular weight is 342 g/mol. The molecule has 2 rings (SSSR count). The van der Waals surface area contributed by atoms with Crippen molar-refractivity contribution in [2.45, 2.75) is 25.9 Å². The van der Waals surface area contributed by atoms with Gasteiger partial charge in [0.15, 0.2) is 0 Å². The quantitative estimate of drug-likeness (QED) is 0.872. The first kappa shape index (κ1) is 16.7. The number of benzene rings is 1. The molecule has 118 valence electrons.